The molecule has 6 aliphatic rings. The average Bonchev–Trinajstić information content (AvgIpc) is 4.06. The Balaban J connectivity index is 0.973. The van der Waals surface area contributed by atoms with Gasteiger partial charge in [0, 0.05) is 30.9 Å². The Morgan fingerprint density at radius 2 is 1.43 bits per heavy atom. The van der Waals surface area contributed by atoms with E-state index >= 15 is 8.78 Å². The van der Waals surface area contributed by atoms with Crippen LogP contribution in [0, 0.1) is 28.9 Å². The molecule has 0 radical (unpaired) electrons. The summed E-state index contributed by atoms with van der Waals surface area (Å²) in [6.07, 6.45) is 12.2. The molecular weight excluding hydrogens is 759 g/mol. The summed E-state index contributed by atoms with van der Waals surface area (Å²) in [7, 11) is 0. The van der Waals surface area contributed by atoms with Crippen LogP contribution in [-0.4, -0.2) is 61.2 Å². The van der Waals surface area contributed by atoms with Gasteiger partial charge >= 0.3 is 6.09 Å². The lowest BCUT2D eigenvalue weighted by Crippen LogP contribution is -2.55. The Morgan fingerprint density at radius 3 is 2.10 bits per heavy atom. The Bertz CT molecular complexity index is 2430. The Kier molecular flexibility index (Phi) is 9.03. The van der Waals surface area contributed by atoms with Gasteiger partial charge in [-0.05, 0) is 135 Å². The lowest BCUT2D eigenvalue weighted by molar-refractivity contribution is 0.00367. The van der Waals surface area contributed by atoms with E-state index in [1.165, 1.54) is 19.3 Å². The Labute approximate surface area is 350 Å². The van der Waals surface area contributed by atoms with Crippen molar-refractivity contribution in [2.75, 3.05) is 22.9 Å². The number of hydrogen-bond acceptors (Lipinski definition) is 6. The van der Waals surface area contributed by atoms with E-state index < -0.39 is 28.7 Å². The summed E-state index contributed by atoms with van der Waals surface area (Å²) >= 11 is 0. The molecule has 4 aliphatic heterocycles. The summed E-state index contributed by atoms with van der Waals surface area (Å²) in [5, 5.41) is 14.6. The van der Waals surface area contributed by atoms with Crippen LogP contribution >= 0.6 is 0 Å². The number of aromatic amines is 2. The van der Waals surface area contributed by atoms with E-state index in [0.29, 0.717) is 36.6 Å². The minimum absolute atomic E-state index is 0.0109. The molecule has 11 rings (SSSR count). The number of imidazole rings is 2. The first-order valence-electron chi connectivity index (χ1n) is 22.8. The molecule has 3 aromatic carbocycles. The van der Waals surface area contributed by atoms with Gasteiger partial charge in [0.25, 0.3) is 0 Å². The molecule has 0 spiro atoms. The molecule has 8 atom stereocenters. The Morgan fingerprint density at radius 1 is 0.783 bits per heavy atom. The minimum atomic E-state index is -0.888. The van der Waals surface area contributed by atoms with E-state index in [2.05, 4.69) is 71.3 Å². The van der Waals surface area contributed by atoms with E-state index in [0.717, 1.165) is 109 Å². The number of amides is 1. The third-order valence-corrected chi connectivity index (χ3v) is 15.9. The normalized spacial score (nSPS) is 30.6. The number of benzene rings is 3. The van der Waals surface area contributed by atoms with Gasteiger partial charge < -0.3 is 30.2 Å². The predicted molar refractivity (Wildman–Crippen MR) is 230 cm³/mol. The largest absolute Gasteiger partial charge is 0.465 e. The van der Waals surface area contributed by atoms with Crippen LogP contribution in [0.25, 0.3) is 22.1 Å². The van der Waals surface area contributed by atoms with Crippen LogP contribution in [0.2, 0.25) is 0 Å². The molecule has 4 N–H and O–H groups in total. The van der Waals surface area contributed by atoms with Crippen molar-refractivity contribution in [2.45, 2.75) is 140 Å². The highest BCUT2D eigenvalue weighted by molar-refractivity contribution is 5.79. The SMILES string of the molecule is CC(C)(C)[C@]1(c2nc3ccc([C@H]4CC[C@H](c5ccc6nc([C@@H]7C[C@@H]8CCC[C@@H]8N7)[nH]c6c5)N4c4cc(F)c(N5CCCCC5)c(F)c4)cc3[nH]2)C[C@@H]2CCC[C@@H]2N1C(=O)O. The van der Waals surface area contributed by atoms with E-state index in [1.807, 2.05) is 11.0 Å². The van der Waals surface area contributed by atoms with Crippen LogP contribution in [0.1, 0.15) is 145 Å². The maximum absolute atomic E-state index is 16.3. The molecule has 316 valence electrons. The van der Waals surface area contributed by atoms with Crippen LogP contribution in [0.3, 0.4) is 0 Å². The van der Waals surface area contributed by atoms with Crippen LogP contribution in [0.15, 0.2) is 48.5 Å². The van der Waals surface area contributed by atoms with Gasteiger partial charge in [-0.1, -0.05) is 45.7 Å². The number of likely N-dealkylation sites (tertiary alicyclic amines) is 1. The van der Waals surface area contributed by atoms with Gasteiger partial charge in [0.05, 0.1) is 40.2 Å². The van der Waals surface area contributed by atoms with E-state index in [1.54, 1.807) is 17.0 Å². The van der Waals surface area contributed by atoms with Crippen LogP contribution in [-0.2, 0) is 5.54 Å². The molecule has 2 aromatic heterocycles. The summed E-state index contributed by atoms with van der Waals surface area (Å²) in [5.74, 6) is 1.66. The zero-order valence-electron chi connectivity index (χ0n) is 35.1. The summed E-state index contributed by atoms with van der Waals surface area (Å²) in [6.45, 7) is 7.70. The first kappa shape index (κ1) is 38.2. The highest BCUT2D eigenvalue weighted by Gasteiger charge is 2.62. The van der Waals surface area contributed by atoms with Crippen molar-refractivity contribution in [2.24, 2.45) is 17.3 Å². The average molecular weight is 817 g/mol. The number of nitrogens with zero attached hydrogens (tertiary/aromatic N) is 5. The molecule has 1 amide bonds. The molecule has 0 bridgehead atoms. The number of halogens is 2. The lowest BCUT2D eigenvalue weighted by atomic mass is 9.70. The standard InChI is InChI=1S/C48H58F2N8O2/c1-47(2,3)48(26-30-10-8-12-42(30)58(48)46(59)60)45-54-36-16-14-29(23-38(36)55-45)41-18-17-40(57(41)31-24-32(49)43(33(50)25-31)56-19-5-4-6-20-56)28-13-15-35-37(22-28)53-44(52-35)39-21-27-9-7-11-34(27)51-39/h13-16,22-25,27,30,34,39-42,51H,4-12,17-21,26H2,1-3H3,(H,52,53)(H,54,55)(H,59,60)/t27-,30-,34-,39-,40+,41+,42-,48+/m0/s1. The molecule has 2 aliphatic carbocycles. The minimum Gasteiger partial charge on any atom is -0.465 e. The lowest BCUT2D eigenvalue weighted by Gasteiger charge is -2.47. The fraction of sp³-hybridized carbons (Fsp3) is 0.562. The molecule has 6 fully saturated rings. The van der Waals surface area contributed by atoms with Gasteiger partial charge in [0.1, 0.15) is 22.9 Å². The zero-order valence-corrected chi connectivity index (χ0v) is 35.1. The number of hydrogen-bond donors (Lipinski definition) is 4. The molecule has 2 saturated carbocycles. The van der Waals surface area contributed by atoms with Crippen molar-refractivity contribution in [3.63, 3.8) is 0 Å². The van der Waals surface area contributed by atoms with Crippen molar-refractivity contribution < 1.29 is 18.7 Å². The van der Waals surface area contributed by atoms with Gasteiger partial charge in [0.15, 0.2) is 11.6 Å². The smallest absolute Gasteiger partial charge is 0.408 e. The van der Waals surface area contributed by atoms with E-state index in [4.69, 9.17) is 9.97 Å². The zero-order chi connectivity index (χ0) is 41.1. The predicted octanol–water partition coefficient (Wildman–Crippen LogP) is 10.8. The van der Waals surface area contributed by atoms with Gasteiger partial charge in [-0.25, -0.2) is 23.5 Å². The fourth-order valence-electron chi connectivity index (χ4n) is 13.0. The van der Waals surface area contributed by atoms with Gasteiger partial charge in [0.2, 0.25) is 0 Å². The topological polar surface area (TPSA) is 116 Å². The molecule has 12 heteroatoms. The maximum Gasteiger partial charge on any atom is 0.408 e. The number of nitrogens with one attached hydrogen (secondary N) is 3. The number of H-pyrrole nitrogens is 2. The van der Waals surface area contributed by atoms with E-state index in [9.17, 15) is 9.90 Å². The Hall–Kier alpha value is -4.71. The summed E-state index contributed by atoms with van der Waals surface area (Å²) in [5.41, 5.74) is 5.01. The molecule has 10 nitrogen and oxygen atoms in total. The van der Waals surface area contributed by atoms with Crippen molar-refractivity contribution in [3.05, 3.63) is 82.9 Å². The molecule has 60 heavy (non-hydrogen) atoms. The summed E-state index contributed by atoms with van der Waals surface area (Å²) in [6, 6.07) is 16.2. The quantitative estimate of drug-likeness (QED) is 0.135. The number of carboxylic acid groups (broad SMARTS) is 1. The second-order valence-corrected chi connectivity index (χ2v) is 20.1. The third kappa shape index (κ3) is 5.97. The molecule has 6 heterocycles. The number of piperidine rings is 1. The highest BCUT2D eigenvalue weighted by Crippen LogP contribution is 2.58. The van der Waals surface area contributed by atoms with Gasteiger partial charge in [-0.2, -0.15) is 0 Å². The summed E-state index contributed by atoms with van der Waals surface area (Å²) < 4.78 is 32.7. The van der Waals surface area contributed by atoms with Crippen molar-refractivity contribution in [3.8, 4) is 0 Å². The maximum atomic E-state index is 16.3. The van der Waals surface area contributed by atoms with Crippen molar-refractivity contribution in [1.82, 2.24) is 30.2 Å². The molecular formula is C48H58F2N8O2. The van der Waals surface area contributed by atoms with Crippen LogP contribution < -0.4 is 15.1 Å². The fourth-order valence-corrected chi connectivity index (χ4v) is 13.0. The first-order chi connectivity index (χ1) is 29.0. The molecule has 5 aromatic rings. The van der Waals surface area contributed by atoms with Gasteiger partial charge in [-0.3, -0.25) is 4.90 Å². The number of aromatic nitrogens is 4. The number of carbonyl (C=O) groups is 1. The van der Waals surface area contributed by atoms with Gasteiger partial charge in [-0.15, -0.1) is 0 Å². The number of fused-ring (bicyclic) bond motifs is 4. The third-order valence-electron chi connectivity index (χ3n) is 15.9. The van der Waals surface area contributed by atoms with Crippen molar-refractivity contribution >= 4 is 39.5 Å². The van der Waals surface area contributed by atoms with Crippen LogP contribution in [0.5, 0.6) is 0 Å². The monoisotopic (exact) mass is 816 g/mol. The molecule has 4 saturated heterocycles. The highest BCUT2D eigenvalue weighted by atomic mass is 19.1. The van der Waals surface area contributed by atoms with Crippen molar-refractivity contribution in [1.29, 1.82) is 0 Å². The first-order valence-corrected chi connectivity index (χ1v) is 22.8. The number of anilines is 2. The molecule has 0 unspecified atom stereocenters. The van der Waals surface area contributed by atoms with Crippen LogP contribution in [0.4, 0.5) is 25.0 Å². The van der Waals surface area contributed by atoms with E-state index in [-0.39, 0.29) is 29.9 Å². The summed E-state index contributed by atoms with van der Waals surface area (Å²) in [4.78, 5) is 36.4. The number of rotatable bonds is 6. The second kappa shape index (κ2) is 14.2. The second-order valence-electron chi connectivity index (χ2n) is 20.1.